The average Bonchev–Trinajstić information content (AvgIpc) is 3.18. The largest absolute Gasteiger partial charge is 0.324 e. The Morgan fingerprint density at radius 2 is 0.333 bits per heavy atom. The minimum atomic E-state index is -1.89. The zero-order valence-electron chi connectivity index (χ0n) is 38.3. The van der Waals surface area contributed by atoms with Crippen molar-refractivity contribution in [3.8, 4) is 0 Å². The van der Waals surface area contributed by atoms with Gasteiger partial charge in [-0.1, -0.05) is 234 Å². The highest BCUT2D eigenvalue weighted by Gasteiger charge is 2.21. The third-order valence-corrected chi connectivity index (χ3v) is 18.3. The zero-order chi connectivity index (χ0) is 40.7. The van der Waals surface area contributed by atoms with Gasteiger partial charge in [0.2, 0.25) is 0 Å². The minimum absolute atomic E-state index is 1.04. The van der Waals surface area contributed by atoms with Gasteiger partial charge in [-0.05, 0) is 38.5 Å². The molecule has 54 heavy (non-hydrogen) atoms. The molecular formula is C48H104O4P2. The first-order chi connectivity index (χ1) is 26.4. The molecule has 0 aromatic heterocycles. The Labute approximate surface area is 342 Å². The van der Waals surface area contributed by atoms with Crippen molar-refractivity contribution in [1.82, 2.24) is 0 Å². The van der Waals surface area contributed by atoms with Crippen molar-refractivity contribution in [2.24, 2.45) is 0 Å². The van der Waals surface area contributed by atoms with E-state index < -0.39 is 14.3 Å². The van der Waals surface area contributed by atoms with E-state index in [1.54, 1.807) is 0 Å². The van der Waals surface area contributed by atoms with Crippen molar-refractivity contribution in [1.29, 1.82) is 0 Å². The molecule has 0 rings (SSSR count). The third-order valence-electron chi connectivity index (χ3n) is 11.5. The molecule has 0 aliphatic carbocycles. The number of rotatable bonds is 42. The van der Waals surface area contributed by atoms with Crippen LogP contribution in [0.5, 0.6) is 0 Å². The van der Waals surface area contributed by atoms with Crippen molar-refractivity contribution in [2.75, 3.05) is 37.0 Å². The molecule has 0 aromatic carbocycles. The Kier molecular flexibility index (Phi) is 53.8. The normalized spacial score (nSPS) is 11.6. The second-order valence-electron chi connectivity index (χ2n) is 17.1. The third kappa shape index (κ3) is 46.8. The van der Waals surface area contributed by atoms with Crippen LogP contribution < -0.4 is 0 Å². The van der Waals surface area contributed by atoms with Crippen molar-refractivity contribution in [2.45, 2.75) is 273 Å². The highest BCUT2D eigenvalue weighted by atomic mass is 31.2. The SMILES string of the molecule is CCCCCCCCP(=O)(CCCCCCCC)CCCCCCCC.CCCCCCCCP(=O)(CCCCCCCC)CCCCCCCC.OO. The first kappa shape index (κ1) is 58.7. The van der Waals surface area contributed by atoms with E-state index in [1.807, 2.05) is 0 Å². The fourth-order valence-corrected chi connectivity index (χ4v) is 13.9. The molecule has 2 N–H and O–H groups in total. The van der Waals surface area contributed by atoms with E-state index in [4.69, 9.17) is 10.5 Å². The smallest absolute Gasteiger partial charge is 0.0877 e. The fourth-order valence-electron chi connectivity index (χ4n) is 7.75. The van der Waals surface area contributed by atoms with E-state index in [0.29, 0.717) is 0 Å². The van der Waals surface area contributed by atoms with Crippen LogP contribution >= 0.6 is 14.3 Å². The second kappa shape index (κ2) is 49.5. The lowest BCUT2D eigenvalue weighted by molar-refractivity contribution is -0.176. The van der Waals surface area contributed by atoms with Gasteiger partial charge in [0.15, 0.2) is 0 Å². The standard InChI is InChI=1S/2C24H51OP.H2O2/c2*1-4-7-10-13-16-19-22-26(25,23-20-17-14-11-8-5-2)24-21-18-15-12-9-6-3;1-2/h2*4-24H2,1-3H3;1-2H. The van der Waals surface area contributed by atoms with Gasteiger partial charge in [0.25, 0.3) is 0 Å². The molecule has 0 heterocycles. The summed E-state index contributed by atoms with van der Waals surface area (Å²) in [6, 6.07) is 0. The highest BCUT2D eigenvalue weighted by molar-refractivity contribution is 7.64. The summed E-state index contributed by atoms with van der Waals surface area (Å²) in [5.74, 6) is 0. The number of hydrogen-bond donors (Lipinski definition) is 2. The summed E-state index contributed by atoms with van der Waals surface area (Å²) in [6.45, 7) is 13.6. The van der Waals surface area contributed by atoms with Crippen LogP contribution in [0.25, 0.3) is 0 Å². The summed E-state index contributed by atoms with van der Waals surface area (Å²) >= 11 is 0. The van der Waals surface area contributed by atoms with Crippen LogP contribution in [0.4, 0.5) is 0 Å². The fraction of sp³-hybridized carbons (Fsp3) is 1.00. The van der Waals surface area contributed by atoms with Gasteiger partial charge in [-0.2, -0.15) is 0 Å². The molecule has 0 fully saturated rings. The molecule has 0 saturated heterocycles. The molecule has 0 atom stereocenters. The molecule has 0 bridgehead atoms. The maximum absolute atomic E-state index is 13.5. The van der Waals surface area contributed by atoms with Gasteiger partial charge in [0.05, 0.1) is 14.3 Å². The van der Waals surface area contributed by atoms with Crippen LogP contribution in [0, 0.1) is 0 Å². The summed E-state index contributed by atoms with van der Waals surface area (Å²) in [7, 11) is -3.77. The predicted octanol–water partition coefficient (Wildman–Crippen LogP) is 18.9. The minimum Gasteiger partial charge on any atom is -0.324 e. The van der Waals surface area contributed by atoms with Crippen LogP contribution in [-0.2, 0) is 9.13 Å². The van der Waals surface area contributed by atoms with Crippen molar-refractivity contribution in [3.05, 3.63) is 0 Å². The van der Waals surface area contributed by atoms with E-state index >= 15 is 0 Å². The van der Waals surface area contributed by atoms with Gasteiger partial charge >= 0.3 is 0 Å². The number of unbranched alkanes of at least 4 members (excludes halogenated alkanes) is 30. The number of hydrogen-bond acceptors (Lipinski definition) is 4. The quantitative estimate of drug-likeness (QED) is 0.0279. The first-order valence-corrected chi connectivity index (χ1v) is 29.2. The molecule has 0 aliphatic heterocycles. The van der Waals surface area contributed by atoms with Crippen LogP contribution in [0.15, 0.2) is 0 Å². The van der Waals surface area contributed by atoms with Gasteiger partial charge in [-0.25, -0.2) is 0 Å². The Balaban J connectivity index is -0.000000921. The summed E-state index contributed by atoms with van der Waals surface area (Å²) in [5.41, 5.74) is 0. The Morgan fingerprint density at radius 3 is 0.463 bits per heavy atom. The molecule has 6 heteroatoms. The van der Waals surface area contributed by atoms with Gasteiger partial charge in [-0.3, -0.25) is 10.5 Å². The average molecular weight is 807 g/mol. The molecule has 0 radical (unpaired) electrons. The second-order valence-corrected chi connectivity index (χ2v) is 24.0. The lowest BCUT2D eigenvalue weighted by Crippen LogP contribution is -2.02. The molecule has 0 saturated carbocycles. The molecule has 0 aromatic rings. The zero-order valence-corrected chi connectivity index (χ0v) is 40.1. The maximum atomic E-state index is 13.5. The van der Waals surface area contributed by atoms with E-state index in [9.17, 15) is 9.13 Å². The van der Waals surface area contributed by atoms with Crippen LogP contribution in [-0.4, -0.2) is 47.5 Å². The summed E-state index contributed by atoms with van der Waals surface area (Å²) in [6.07, 6.45) is 53.8. The Bertz CT molecular complexity index is 602. The maximum Gasteiger partial charge on any atom is 0.0877 e. The van der Waals surface area contributed by atoms with E-state index in [2.05, 4.69) is 41.5 Å². The summed E-state index contributed by atoms with van der Waals surface area (Å²) in [4.78, 5) is 0. The van der Waals surface area contributed by atoms with E-state index in [0.717, 1.165) is 37.0 Å². The van der Waals surface area contributed by atoms with E-state index in [1.165, 1.54) is 231 Å². The predicted molar refractivity (Wildman–Crippen MR) is 250 cm³/mol. The summed E-state index contributed by atoms with van der Waals surface area (Å²) < 4.78 is 27.0. The van der Waals surface area contributed by atoms with Crippen molar-refractivity contribution < 1.29 is 19.6 Å². The molecule has 4 nitrogen and oxygen atoms in total. The Hall–Kier alpha value is 0.380. The molecule has 0 amide bonds. The van der Waals surface area contributed by atoms with Gasteiger partial charge in [-0.15, -0.1) is 0 Å². The van der Waals surface area contributed by atoms with Crippen molar-refractivity contribution >= 4 is 14.3 Å². The lowest BCUT2D eigenvalue weighted by atomic mass is 10.1. The highest BCUT2D eigenvalue weighted by Crippen LogP contribution is 2.49. The van der Waals surface area contributed by atoms with Gasteiger partial charge in [0, 0.05) is 37.0 Å². The monoisotopic (exact) mass is 807 g/mol. The summed E-state index contributed by atoms with van der Waals surface area (Å²) in [5, 5.41) is 12.0. The van der Waals surface area contributed by atoms with Crippen molar-refractivity contribution in [3.63, 3.8) is 0 Å². The van der Waals surface area contributed by atoms with Gasteiger partial charge in [0.1, 0.15) is 0 Å². The molecule has 0 aliphatic rings. The first-order valence-electron chi connectivity index (χ1n) is 24.7. The van der Waals surface area contributed by atoms with Gasteiger partial charge < -0.3 is 9.13 Å². The van der Waals surface area contributed by atoms with Crippen LogP contribution in [0.2, 0.25) is 0 Å². The van der Waals surface area contributed by atoms with Crippen LogP contribution in [0.3, 0.4) is 0 Å². The van der Waals surface area contributed by atoms with Crippen LogP contribution in [0.1, 0.15) is 273 Å². The Morgan fingerprint density at radius 1 is 0.222 bits per heavy atom. The topological polar surface area (TPSA) is 74.6 Å². The lowest BCUT2D eigenvalue weighted by Gasteiger charge is -2.18. The molecule has 330 valence electrons. The molecule has 0 spiro atoms. The molecule has 0 unspecified atom stereocenters. The van der Waals surface area contributed by atoms with E-state index in [-0.39, 0.29) is 0 Å². The molecular weight excluding hydrogens is 702 g/mol.